The van der Waals surface area contributed by atoms with Crippen LogP contribution in [0.5, 0.6) is 5.75 Å². The summed E-state index contributed by atoms with van der Waals surface area (Å²) in [7, 11) is 1.61. The van der Waals surface area contributed by atoms with E-state index in [1.54, 1.807) is 13.2 Å². The molecule has 0 aromatic heterocycles. The van der Waals surface area contributed by atoms with Gasteiger partial charge in [0.25, 0.3) is 11.8 Å². The second-order valence-electron chi connectivity index (χ2n) is 9.49. The fourth-order valence-electron chi connectivity index (χ4n) is 5.52. The molecule has 2 aromatic carbocycles. The maximum absolute atomic E-state index is 13.4. The van der Waals surface area contributed by atoms with E-state index >= 15 is 0 Å². The molecule has 5 rings (SSSR count). The summed E-state index contributed by atoms with van der Waals surface area (Å²) in [6.45, 7) is 5.43. The third kappa shape index (κ3) is 4.62. The Labute approximate surface area is 196 Å². The molecular weight excluding hydrogens is 414 g/mol. The maximum atomic E-state index is 13.4. The normalized spacial score (nSPS) is 20.7. The van der Waals surface area contributed by atoms with Crippen LogP contribution >= 0.6 is 0 Å². The number of ether oxygens (including phenoxy) is 1. The van der Waals surface area contributed by atoms with Gasteiger partial charge in [-0.2, -0.15) is 0 Å². The van der Waals surface area contributed by atoms with E-state index in [4.69, 9.17) is 4.74 Å². The summed E-state index contributed by atoms with van der Waals surface area (Å²) in [5, 5.41) is 0. The number of likely N-dealkylation sites (tertiary alicyclic amines) is 2. The Balaban J connectivity index is 1.27. The minimum atomic E-state index is 0.0153. The van der Waals surface area contributed by atoms with Gasteiger partial charge in [0.15, 0.2) is 0 Å². The van der Waals surface area contributed by atoms with Crippen LogP contribution in [0.3, 0.4) is 0 Å². The van der Waals surface area contributed by atoms with E-state index in [1.165, 1.54) is 31.5 Å². The van der Waals surface area contributed by atoms with Gasteiger partial charge >= 0.3 is 0 Å². The Morgan fingerprint density at radius 2 is 1.73 bits per heavy atom. The van der Waals surface area contributed by atoms with E-state index in [2.05, 4.69) is 15.9 Å². The lowest BCUT2D eigenvalue weighted by Gasteiger charge is -2.31. The van der Waals surface area contributed by atoms with Gasteiger partial charge in [0.05, 0.1) is 7.11 Å². The van der Waals surface area contributed by atoms with Crippen LogP contribution in [0.1, 0.15) is 57.5 Å². The molecular formula is C27H33N3O3. The summed E-state index contributed by atoms with van der Waals surface area (Å²) in [6, 6.07) is 13.7. The summed E-state index contributed by atoms with van der Waals surface area (Å²) in [5.74, 6) is 0.863. The molecule has 0 saturated carbocycles. The monoisotopic (exact) mass is 447 g/mol. The molecule has 3 aliphatic heterocycles. The number of carbonyl (C=O) groups is 2. The second-order valence-corrected chi connectivity index (χ2v) is 9.49. The summed E-state index contributed by atoms with van der Waals surface area (Å²) in [6.07, 6.45) is 5.53. The minimum absolute atomic E-state index is 0.0153. The number of rotatable bonds is 5. The van der Waals surface area contributed by atoms with Crippen molar-refractivity contribution in [1.29, 1.82) is 0 Å². The standard InChI is InChI=1S/C27H33N3O3/c1-33-25-8-4-6-21(17-25)26(31)29-15-11-20-16-22(9-10-23(20)18-29)27(32)30-14-5-7-24(30)19-28-12-2-3-13-28/h4,6,8-10,16-17,24H,2-3,5,7,11-15,18-19H2,1H3/t24-/m0/s1. The molecule has 6 heteroatoms. The molecule has 174 valence electrons. The Bertz CT molecular complexity index is 1030. The van der Waals surface area contributed by atoms with Gasteiger partial charge in [-0.15, -0.1) is 0 Å². The Kier molecular flexibility index (Phi) is 6.36. The van der Waals surface area contributed by atoms with Gasteiger partial charge in [0, 0.05) is 43.3 Å². The van der Waals surface area contributed by atoms with Gasteiger partial charge in [-0.05, 0) is 86.7 Å². The van der Waals surface area contributed by atoms with E-state index in [0.717, 1.165) is 43.5 Å². The first-order valence-electron chi connectivity index (χ1n) is 12.2. The van der Waals surface area contributed by atoms with Gasteiger partial charge in [-0.1, -0.05) is 12.1 Å². The first-order chi connectivity index (χ1) is 16.1. The van der Waals surface area contributed by atoms with E-state index in [1.807, 2.05) is 35.2 Å². The Morgan fingerprint density at radius 1 is 0.909 bits per heavy atom. The maximum Gasteiger partial charge on any atom is 0.254 e. The molecule has 0 radical (unpaired) electrons. The SMILES string of the molecule is COc1cccc(C(=O)N2CCc3cc(C(=O)N4CCC[C@H]4CN4CCCC4)ccc3C2)c1. The molecule has 0 aliphatic carbocycles. The quantitative estimate of drug-likeness (QED) is 0.703. The highest BCUT2D eigenvalue weighted by Gasteiger charge is 2.32. The van der Waals surface area contributed by atoms with E-state index < -0.39 is 0 Å². The molecule has 2 aromatic rings. The summed E-state index contributed by atoms with van der Waals surface area (Å²) < 4.78 is 5.26. The molecule has 3 heterocycles. The average Bonchev–Trinajstić information content (AvgIpc) is 3.55. The van der Waals surface area contributed by atoms with Crippen LogP contribution in [0.15, 0.2) is 42.5 Å². The van der Waals surface area contributed by atoms with Crippen molar-refractivity contribution in [2.24, 2.45) is 0 Å². The van der Waals surface area contributed by atoms with Crippen molar-refractivity contribution >= 4 is 11.8 Å². The number of carbonyl (C=O) groups excluding carboxylic acids is 2. The number of fused-ring (bicyclic) bond motifs is 1. The summed E-state index contributed by atoms with van der Waals surface area (Å²) in [5.41, 5.74) is 3.74. The highest BCUT2D eigenvalue weighted by molar-refractivity contribution is 5.96. The lowest BCUT2D eigenvalue weighted by Crippen LogP contribution is -2.42. The highest BCUT2D eigenvalue weighted by Crippen LogP contribution is 2.26. The zero-order valence-electron chi connectivity index (χ0n) is 19.5. The smallest absolute Gasteiger partial charge is 0.254 e. The van der Waals surface area contributed by atoms with Crippen LogP contribution in [-0.4, -0.2) is 72.4 Å². The average molecular weight is 448 g/mol. The zero-order chi connectivity index (χ0) is 22.8. The second kappa shape index (κ2) is 9.56. The fourth-order valence-corrected chi connectivity index (χ4v) is 5.52. The molecule has 2 saturated heterocycles. The first kappa shape index (κ1) is 22.0. The highest BCUT2D eigenvalue weighted by atomic mass is 16.5. The predicted molar refractivity (Wildman–Crippen MR) is 128 cm³/mol. The summed E-state index contributed by atoms with van der Waals surface area (Å²) in [4.78, 5) is 32.9. The van der Waals surface area contributed by atoms with E-state index in [9.17, 15) is 9.59 Å². The predicted octanol–water partition coefficient (Wildman–Crippen LogP) is 3.59. The van der Waals surface area contributed by atoms with Gasteiger partial charge in [-0.25, -0.2) is 0 Å². The number of amides is 2. The minimum Gasteiger partial charge on any atom is -0.497 e. The van der Waals surface area contributed by atoms with Crippen LogP contribution < -0.4 is 4.74 Å². The Morgan fingerprint density at radius 3 is 2.55 bits per heavy atom. The number of nitrogens with zero attached hydrogens (tertiary/aromatic N) is 3. The number of methoxy groups -OCH3 is 1. The van der Waals surface area contributed by atoms with Gasteiger partial charge < -0.3 is 19.4 Å². The molecule has 0 bridgehead atoms. The van der Waals surface area contributed by atoms with Crippen molar-refractivity contribution in [2.75, 3.05) is 39.8 Å². The van der Waals surface area contributed by atoms with Crippen molar-refractivity contribution in [1.82, 2.24) is 14.7 Å². The van der Waals surface area contributed by atoms with E-state index in [-0.39, 0.29) is 11.8 Å². The lowest BCUT2D eigenvalue weighted by atomic mass is 9.96. The molecule has 33 heavy (non-hydrogen) atoms. The van der Waals surface area contributed by atoms with Gasteiger partial charge in [0.2, 0.25) is 0 Å². The molecule has 2 amide bonds. The fraction of sp³-hybridized carbons (Fsp3) is 0.481. The van der Waals surface area contributed by atoms with Gasteiger partial charge in [-0.3, -0.25) is 9.59 Å². The van der Waals surface area contributed by atoms with Crippen molar-refractivity contribution in [2.45, 2.75) is 44.7 Å². The number of hydrogen-bond donors (Lipinski definition) is 0. The van der Waals surface area contributed by atoms with E-state index in [0.29, 0.717) is 30.4 Å². The number of hydrogen-bond acceptors (Lipinski definition) is 4. The van der Waals surface area contributed by atoms with Crippen molar-refractivity contribution in [3.63, 3.8) is 0 Å². The van der Waals surface area contributed by atoms with Crippen LogP contribution in [0.4, 0.5) is 0 Å². The third-order valence-corrected chi connectivity index (χ3v) is 7.38. The van der Waals surface area contributed by atoms with Crippen LogP contribution in [0.2, 0.25) is 0 Å². The first-order valence-corrected chi connectivity index (χ1v) is 12.2. The molecule has 0 spiro atoms. The summed E-state index contributed by atoms with van der Waals surface area (Å²) >= 11 is 0. The molecule has 3 aliphatic rings. The van der Waals surface area contributed by atoms with Crippen molar-refractivity contribution in [3.8, 4) is 5.75 Å². The molecule has 6 nitrogen and oxygen atoms in total. The molecule has 0 unspecified atom stereocenters. The molecule has 2 fully saturated rings. The topological polar surface area (TPSA) is 53.1 Å². The zero-order valence-corrected chi connectivity index (χ0v) is 19.5. The van der Waals surface area contributed by atoms with Crippen LogP contribution in [0.25, 0.3) is 0 Å². The molecule has 1 atom stereocenters. The third-order valence-electron chi connectivity index (χ3n) is 7.38. The Hall–Kier alpha value is -2.86. The van der Waals surface area contributed by atoms with Gasteiger partial charge in [0.1, 0.15) is 5.75 Å². The largest absolute Gasteiger partial charge is 0.497 e. The van der Waals surface area contributed by atoms with Crippen molar-refractivity contribution < 1.29 is 14.3 Å². The lowest BCUT2D eigenvalue weighted by molar-refractivity contribution is 0.0703. The van der Waals surface area contributed by atoms with Crippen molar-refractivity contribution in [3.05, 3.63) is 64.7 Å². The van der Waals surface area contributed by atoms with Crippen LogP contribution in [0, 0.1) is 0 Å². The number of benzene rings is 2. The van der Waals surface area contributed by atoms with Crippen LogP contribution in [-0.2, 0) is 13.0 Å². The molecule has 0 N–H and O–H groups in total.